The standard InChI is InChI=1S/C13H16N2O/c1-8(2)10-6-5-7-11-12(10)14-13(9(3)16)15(11)4/h5-8H,1-4H3. The number of ketones is 1. The van der Waals surface area contributed by atoms with Crippen molar-refractivity contribution in [2.45, 2.75) is 26.7 Å². The highest BCUT2D eigenvalue weighted by molar-refractivity contribution is 5.95. The Hall–Kier alpha value is -1.64. The van der Waals surface area contributed by atoms with Gasteiger partial charge in [0, 0.05) is 14.0 Å². The van der Waals surface area contributed by atoms with Crippen LogP contribution in [0, 0.1) is 0 Å². The number of benzene rings is 1. The number of fused-ring (bicyclic) bond motifs is 1. The number of carbonyl (C=O) groups is 1. The molecule has 0 fully saturated rings. The molecule has 16 heavy (non-hydrogen) atoms. The zero-order valence-corrected chi connectivity index (χ0v) is 10.1. The van der Waals surface area contributed by atoms with Crippen LogP contribution in [-0.2, 0) is 7.05 Å². The summed E-state index contributed by atoms with van der Waals surface area (Å²) in [7, 11) is 1.89. The van der Waals surface area contributed by atoms with Crippen LogP contribution in [0.1, 0.15) is 42.9 Å². The summed E-state index contributed by atoms with van der Waals surface area (Å²) in [4.78, 5) is 15.9. The molecule has 0 saturated carbocycles. The van der Waals surface area contributed by atoms with Gasteiger partial charge in [0.15, 0.2) is 11.6 Å². The fourth-order valence-electron chi connectivity index (χ4n) is 2.02. The van der Waals surface area contributed by atoms with Gasteiger partial charge in [-0.25, -0.2) is 4.98 Å². The zero-order chi connectivity index (χ0) is 11.9. The van der Waals surface area contributed by atoms with Crippen molar-refractivity contribution >= 4 is 16.8 Å². The van der Waals surface area contributed by atoms with Crippen LogP contribution in [-0.4, -0.2) is 15.3 Å². The molecule has 0 aliphatic heterocycles. The average Bonchev–Trinajstić information content (AvgIpc) is 2.56. The Kier molecular flexibility index (Phi) is 2.54. The normalized spacial score (nSPS) is 11.3. The Balaban J connectivity index is 2.80. The van der Waals surface area contributed by atoms with Gasteiger partial charge < -0.3 is 4.57 Å². The molecule has 84 valence electrons. The van der Waals surface area contributed by atoms with Crippen molar-refractivity contribution in [1.82, 2.24) is 9.55 Å². The highest BCUT2D eigenvalue weighted by Crippen LogP contribution is 2.25. The number of hydrogen-bond acceptors (Lipinski definition) is 2. The fraction of sp³-hybridized carbons (Fsp3) is 0.385. The van der Waals surface area contributed by atoms with Gasteiger partial charge >= 0.3 is 0 Å². The van der Waals surface area contributed by atoms with Gasteiger partial charge in [-0.05, 0) is 17.5 Å². The molecule has 2 rings (SSSR count). The van der Waals surface area contributed by atoms with Crippen LogP contribution in [0.2, 0.25) is 0 Å². The maximum Gasteiger partial charge on any atom is 0.195 e. The molecular weight excluding hydrogens is 200 g/mol. The van der Waals surface area contributed by atoms with E-state index in [1.165, 1.54) is 5.56 Å². The van der Waals surface area contributed by atoms with E-state index in [1.54, 1.807) is 6.92 Å². The molecule has 1 aromatic carbocycles. The summed E-state index contributed by atoms with van der Waals surface area (Å²) in [6, 6.07) is 6.09. The van der Waals surface area contributed by atoms with Gasteiger partial charge in [-0.1, -0.05) is 26.0 Å². The van der Waals surface area contributed by atoms with Crippen molar-refractivity contribution in [3.8, 4) is 0 Å². The topological polar surface area (TPSA) is 34.9 Å². The minimum absolute atomic E-state index is 0.00778. The van der Waals surface area contributed by atoms with E-state index in [0.29, 0.717) is 11.7 Å². The summed E-state index contributed by atoms with van der Waals surface area (Å²) >= 11 is 0. The van der Waals surface area contributed by atoms with E-state index in [-0.39, 0.29) is 5.78 Å². The zero-order valence-electron chi connectivity index (χ0n) is 10.1. The van der Waals surface area contributed by atoms with E-state index < -0.39 is 0 Å². The predicted octanol–water partition coefficient (Wildman–Crippen LogP) is 2.90. The van der Waals surface area contributed by atoms with Crippen molar-refractivity contribution in [2.24, 2.45) is 7.05 Å². The second kappa shape index (κ2) is 3.74. The first-order valence-electron chi connectivity index (χ1n) is 5.48. The highest BCUT2D eigenvalue weighted by Gasteiger charge is 2.14. The minimum Gasteiger partial charge on any atom is -0.325 e. The van der Waals surface area contributed by atoms with Gasteiger partial charge in [0.2, 0.25) is 0 Å². The number of imidazole rings is 1. The molecule has 3 nitrogen and oxygen atoms in total. The van der Waals surface area contributed by atoms with Gasteiger partial charge in [0.25, 0.3) is 0 Å². The minimum atomic E-state index is 0.00778. The van der Waals surface area contributed by atoms with Crippen molar-refractivity contribution in [2.75, 3.05) is 0 Å². The lowest BCUT2D eigenvalue weighted by molar-refractivity contribution is 0.100. The van der Waals surface area contributed by atoms with Crippen LogP contribution >= 0.6 is 0 Å². The molecular formula is C13H16N2O. The largest absolute Gasteiger partial charge is 0.325 e. The van der Waals surface area contributed by atoms with Crippen LogP contribution in [0.15, 0.2) is 18.2 Å². The van der Waals surface area contributed by atoms with E-state index in [2.05, 4.69) is 24.9 Å². The van der Waals surface area contributed by atoms with Crippen molar-refractivity contribution < 1.29 is 4.79 Å². The van der Waals surface area contributed by atoms with Crippen molar-refractivity contribution in [3.63, 3.8) is 0 Å². The lowest BCUT2D eigenvalue weighted by Gasteiger charge is -2.05. The van der Waals surface area contributed by atoms with E-state index in [9.17, 15) is 4.79 Å². The SMILES string of the molecule is CC(=O)c1nc2c(C(C)C)cccc2n1C. The first-order valence-corrected chi connectivity index (χ1v) is 5.48. The number of hydrogen-bond donors (Lipinski definition) is 0. The van der Waals surface area contributed by atoms with Crippen LogP contribution in [0.4, 0.5) is 0 Å². The molecule has 1 heterocycles. The Morgan fingerprint density at radius 1 is 1.38 bits per heavy atom. The Morgan fingerprint density at radius 2 is 2.06 bits per heavy atom. The number of para-hydroxylation sites is 1. The maximum absolute atomic E-state index is 11.4. The molecule has 1 aromatic heterocycles. The summed E-state index contributed by atoms with van der Waals surface area (Å²) in [5.74, 6) is 0.954. The average molecular weight is 216 g/mol. The molecule has 2 aromatic rings. The van der Waals surface area contributed by atoms with Crippen LogP contribution in [0.3, 0.4) is 0 Å². The van der Waals surface area contributed by atoms with Crippen molar-refractivity contribution in [3.05, 3.63) is 29.6 Å². The third kappa shape index (κ3) is 1.52. The van der Waals surface area contributed by atoms with Crippen molar-refractivity contribution in [1.29, 1.82) is 0 Å². The van der Waals surface area contributed by atoms with Gasteiger partial charge in [-0.15, -0.1) is 0 Å². The highest BCUT2D eigenvalue weighted by atomic mass is 16.1. The van der Waals surface area contributed by atoms with Gasteiger partial charge in [-0.2, -0.15) is 0 Å². The molecule has 0 bridgehead atoms. The van der Waals surface area contributed by atoms with E-state index in [4.69, 9.17) is 0 Å². The first-order chi connectivity index (χ1) is 7.52. The lowest BCUT2D eigenvalue weighted by atomic mass is 10.0. The molecule has 0 spiro atoms. The Labute approximate surface area is 95.1 Å². The first kappa shape index (κ1) is 10.9. The van der Waals surface area contributed by atoms with Gasteiger partial charge in [0.05, 0.1) is 11.0 Å². The van der Waals surface area contributed by atoms with Crippen LogP contribution in [0.25, 0.3) is 11.0 Å². The predicted molar refractivity (Wildman–Crippen MR) is 64.8 cm³/mol. The van der Waals surface area contributed by atoms with E-state index in [1.807, 2.05) is 23.7 Å². The molecule has 0 N–H and O–H groups in total. The number of nitrogens with zero attached hydrogens (tertiary/aromatic N) is 2. The summed E-state index contributed by atoms with van der Waals surface area (Å²) in [6.45, 7) is 5.82. The quantitative estimate of drug-likeness (QED) is 0.723. The number of carbonyl (C=O) groups excluding carboxylic acids is 1. The maximum atomic E-state index is 11.4. The van der Waals surface area contributed by atoms with Gasteiger partial charge in [-0.3, -0.25) is 4.79 Å². The molecule has 0 amide bonds. The molecule has 0 atom stereocenters. The van der Waals surface area contributed by atoms with Gasteiger partial charge in [0.1, 0.15) is 0 Å². The monoisotopic (exact) mass is 216 g/mol. The number of Topliss-reactive ketones (excluding diaryl/α,β-unsaturated/α-hetero) is 1. The molecule has 0 aliphatic carbocycles. The summed E-state index contributed by atoms with van der Waals surface area (Å²) in [6.07, 6.45) is 0. The molecule has 0 saturated heterocycles. The number of aromatic nitrogens is 2. The van der Waals surface area contributed by atoms with E-state index in [0.717, 1.165) is 11.0 Å². The fourth-order valence-corrected chi connectivity index (χ4v) is 2.02. The summed E-state index contributed by atoms with van der Waals surface area (Å²) in [5.41, 5.74) is 3.17. The van der Waals surface area contributed by atoms with Crippen LogP contribution in [0.5, 0.6) is 0 Å². The molecule has 0 unspecified atom stereocenters. The smallest absolute Gasteiger partial charge is 0.195 e. The van der Waals surface area contributed by atoms with E-state index >= 15 is 0 Å². The third-order valence-corrected chi connectivity index (χ3v) is 2.88. The Morgan fingerprint density at radius 3 is 2.62 bits per heavy atom. The number of aryl methyl sites for hydroxylation is 1. The number of rotatable bonds is 2. The second-order valence-corrected chi connectivity index (χ2v) is 4.42. The summed E-state index contributed by atoms with van der Waals surface area (Å²) < 4.78 is 1.86. The molecule has 3 heteroatoms. The summed E-state index contributed by atoms with van der Waals surface area (Å²) in [5, 5.41) is 0. The molecule has 0 radical (unpaired) electrons. The second-order valence-electron chi connectivity index (χ2n) is 4.42. The Bertz CT molecular complexity index is 552. The third-order valence-electron chi connectivity index (χ3n) is 2.88. The lowest BCUT2D eigenvalue weighted by Crippen LogP contribution is -2.02. The van der Waals surface area contributed by atoms with Crippen LogP contribution < -0.4 is 0 Å². The molecule has 0 aliphatic rings.